The van der Waals surface area contributed by atoms with Crippen molar-refractivity contribution >= 4 is 16.9 Å². The number of para-hydroxylation sites is 1. The number of fused-ring (bicyclic) bond motifs is 1. The Balaban J connectivity index is 2.27. The van der Waals surface area contributed by atoms with Gasteiger partial charge in [-0.05, 0) is 19.1 Å². The molecule has 18 heavy (non-hydrogen) atoms. The second kappa shape index (κ2) is 4.76. The van der Waals surface area contributed by atoms with E-state index in [2.05, 4.69) is 0 Å². The fraction of sp³-hybridized carbons (Fsp3) is 0.308. The summed E-state index contributed by atoms with van der Waals surface area (Å²) in [4.78, 5) is 12.2. The predicted molar refractivity (Wildman–Crippen MR) is 63.4 cm³/mol. The second-order valence-electron chi connectivity index (χ2n) is 4.11. The minimum absolute atomic E-state index is 0.493. The average Bonchev–Trinajstić information content (AvgIpc) is 2.79. The third-order valence-corrected chi connectivity index (χ3v) is 2.97. The van der Waals surface area contributed by atoms with E-state index in [1.54, 1.807) is 19.1 Å². The molecule has 1 heterocycles. The zero-order valence-corrected chi connectivity index (χ0v) is 10.1. The van der Waals surface area contributed by atoms with E-state index in [9.17, 15) is 13.6 Å². The molecule has 0 bridgehead atoms. The van der Waals surface area contributed by atoms with Gasteiger partial charge in [-0.2, -0.15) is 8.78 Å². The molecule has 2 aromatic rings. The standard InChI is InChI=1S/C13H13F2NO2/c1-8(16(2)13(17)12(14)15)11-7-9-5-3-4-6-10(9)18-11/h3-8,12H,1-2H3. The maximum atomic E-state index is 12.3. The van der Waals surface area contributed by atoms with Gasteiger partial charge in [0.25, 0.3) is 5.91 Å². The van der Waals surface area contributed by atoms with Crippen molar-refractivity contribution in [1.29, 1.82) is 0 Å². The van der Waals surface area contributed by atoms with Crippen LogP contribution in [0.5, 0.6) is 0 Å². The van der Waals surface area contributed by atoms with Crippen LogP contribution in [0.15, 0.2) is 34.7 Å². The van der Waals surface area contributed by atoms with Crippen molar-refractivity contribution in [3.63, 3.8) is 0 Å². The molecule has 3 nitrogen and oxygen atoms in total. The van der Waals surface area contributed by atoms with E-state index in [1.807, 2.05) is 18.2 Å². The minimum Gasteiger partial charge on any atom is -0.459 e. The van der Waals surface area contributed by atoms with Gasteiger partial charge in [0.2, 0.25) is 0 Å². The fourth-order valence-electron chi connectivity index (χ4n) is 1.74. The molecule has 0 N–H and O–H groups in total. The quantitative estimate of drug-likeness (QED) is 0.841. The van der Waals surface area contributed by atoms with Gasteiger partial charge >= 0.3 is 6.43 Å². The van der Waals surface area contributed by atoms with Gasteiger partial charge in [-0.1, -0.05) is 18.2 Å². The summed E-state index contributed by atoms with van der Waals surface area (Å²) >= 11 is 0. The van der Waals surface area contributed by atoms with Gasteiger partial charge in [0.05, 0.1) is 6.04 Å². The summed E-state index contributed by atoms with van der Waals surface area (Å²) in [5, 5.41) is 0.886. The molecule has 1 amide bonds. The van der Waals surface area contributed by atoms with E-state index in [1.165, 1.54) is 7.05 Å². The third-order valence-electron chi connectivity index (χ3n) is 2.97. The SMILES string of the molecule is CC(c1cc2ccccc2o1)N(C)C(=O)C(F)F. The monoisotopic (exact) mass is 253 g/mol. The lowest BCUT2D eigenvalue weighted by molar-refractivity contribution is -0.143. The van der Waals surface area contributed by atoms with Crippen molar-refractivity contribution in [3.05, 3.63) is 36.1 Å². The first-order chi connectivity index (χ1) is 8.50. The lowest BCUT2D eigenvalue weighted by atomic mass is 10.2. The summed E-state index contributed by atoms with van der Waals surface area (Å²) in [5.41, 5.74) is 0.678. The van der Waals surface area contributed by atoms with Crippen LogP contribution in [0, 0.1) is 0 Å². The number of rotatable bonds is 3. The Bertz CT molecular complexity index is 532. The molecule has 1 aromatic carbocycles. The molecule has 0 aliphatic heterocycles. The van der Waals surface area contributed by atoms with Crippen LogP contribution in [0.4, 0.5) is 8.78 Å². The number of carbonyl (C=O) groups excluding carboxylic acids is 1. The van der Waals surface area contributed by atoms with E-state index in [4.69, 9.17) is 4.42 Å². The summed E-state index contributed by atoms with van der Waals surface area (Å²) in [6.45, 7) is 1.65. The number of amides is 1. The summed E-state index contributed by atoms with van der Waals surface area (Å²) < 4.78 is 30.2. The Morgan fingerprint density at radius 1 is 1.33 bits per heavy atom. The second-order valence-corrected chi connectivity index (χ2v) is 4.11. The molecular weight excluding hydrogens is 240 g/mol. The highest BCUT2D eigenvalue weighted by Gasteiger charge is 2.26. The number of hydrogen-bond donors (Lipinski definition) is 0. The van der Waals surface area contributed by atoms with Crippen molar-refractivity contribution in [2.24, 2.45) is 0 Å². The van der Waals surface area contributed by atoms with Gasteiger partial charge < -0.3 is 9.32 Å². The molecule has 0 spiro atoms. The van der Waals surface area contributed by atoms with Crippen LogP contribution in [-0.2, 0) is 4.79 Å². The summed E-state index contributed by atoms with van der Waals surface area (Å²) in [5.74, 6) is -0.712. The molecule has 1 atom stereocenters. The summed E-state index contributed by atoms with van der Waals surface area (Å²) in [6, 6.07) is 8.58. The van der Waals surface area contributed by atoms with Gasteiger partial charge in [-0.3, -0.25) is 4.79 Å². The van der Waals surface area contributed by atoms with E-state index < -0.39 is 18.4 Å². The van der Waals surface area contributed by atoms with Crippen LogP contribution >= 0.6 is 0 Å². The molecule has 5 heteroatoms. The number of alkyl halides is 2. The fourth-order valence-corrected chi connectivity index (χ4v) is 1.74. The van der Waals surface area contributed by atoms with Crippen molar-refractivity contribution in [2.75, 3.05) is 7.05 Å². The topological polar surface area (TPSA) is 33.5 Å². The van der Waals surface area contributed by atoms with E-state index in [0.717, 1.165) is 10.3 Å². The van der Waals surface area contributed by atoms with Crippen LogP contribution in [0.25, 0.3) is 11.0 Å². The molecule has 0 radical (unpaired) electrons. The molecule has 96 valence electrons. The maximum absolute atomic E-state index is 12.3. The number of furan rings is 1. The van der Waals surface area contributed by atoms with Gasteiger partial charge in [0.1, 0.15) is 11.3 Å². The first-order valence-electron chi connectivity index (χ1n) is 5.54. The van der Waals surface area contributed by atoms with Crippen molar-refractivity contribution < 1.29 is 18.0 Å². The maximum Gasteiger partial charge on any atom is 0.315 e. The molecule has 0 aliphatic rings. The summed E-state index contributed by atoms with van der Waals surface area (Å²) in [7, 11) is 1.34. The predicted octanol–water partition coefficient (Wildman–Crippen LogP) is 3.22. The Kier molecular flexibility index (Phi) is 3.32. The number of nitrogens with zero attached hydrogens (tertiary/aromatic N) is 1. The van der Waals surface area contributed by atoms with Crippen LogP contribution in [0.1, 0.15) is 18.7 Å². The highest BCUT2D eigenvalue weighted by atomic mass is 19.3. The first kappa shape index (κ1) is 12.5. The van der Waals surface area contributed by atoms with Gasteiger partial charge in [-0.25, -0.2) is 0 Å². The Hall–Kier alpha value is -1.91. The largest absolute Gasteiger partial charge is 0.459 e. The lowest BCUT2D eigenvalue weighted by Crippen LogP contribution is -2.34. The van der Waals surface area contributed by atoms with E-state index in [0.29, 0.717) is 11.3 Å². The number of halogens is 2. The van der Waals surface area contributed by atoms with Gasteiger partial charge in [-0.15, -0.1) is 0 Å². The first-order valence-corrected chi connectivity index (χ1v) is 5.54. The van der Waals surface area contributed by atoms with E-state index >= 15 is 0 Å². The smallest absolute Gasteiger partial charge is 0.315 e. The molecular formula is C13H13F2NO2. The van der Waals surface area contributed by atoms with Crippen LogP contribution < -0.4 is 0 Å². The van der Waals surface area contributed by atoms with Gasteiger partial charge in [0, 0.05) is 12.4 Å². The van der Waals surface area contributed by atoms with Crippen LogP contribution in [0.2, 0.25) is 0 Å². The third kappa shape index (κ3) is 2.20. The molecule has 1 unspecified atom stereocenters. The molecule has 0 saturated heterocycles. The molecule has 2 rings (SSSR count). The van der Waals surface area contributed by atoms with Crippen LogP contribution in [-0.4, -0.2) is 24.3 Å². The Labute approximate surface area is 103 Å². The highest BCUT2D eigenvalue weighted by Crippen LogP contribution is 2.27. The molecule has 0 fully saturated rings. The Morgan fingerprint density at radius 2 is 2.00 bits per heavy atom. The number of benzene rings is 1. The zero-order valence-electron chi connectivity index (χ0n) is 10.1. The highest BCUT2D eigenvalue weighted by molar-refractivity contribution is 5.80. The zero-order chi connectivity index (χ0) is 13.3. The van der Waals surface area contributed by atoms with Crippen molar-refractivity contribution in [1.82, 2.24) is 4.90 Å². The van der Waals surface area contributed by atoms with Crippen molar-refractivity contribution in [2.45, 2.75) is 19.4 Å². The normalized spacial score (nSPS) is 12.9. The molecule has 0 aliphatic carbocycles. The summed E-state index contributed by atoms with van der Waals surface area (Å²) in [6.07, 6.45) is -3.00. The molecule has 1 aromatic heterocycles. The van der Waals surface area contributed by atoms with E-state index in [-0.39, 0.29) is 0 Å². The molecule has 0 saturated carbocycles. The number of carbonyl (C=O) groups is 1. The Morgan fingerprint density at radius 3 is 2.61 bits per heavy atom. The van der Waals surface area contributed by atoms with Crippen molar-refractivity contribution in [3.8, 4) is 0 Å². The minimum atomic E-state index is -3.00. The number of hydrogen-bond acceptors (Lipinski definition) is 2. The van der Waals surface area contributed by atoms with Gasteiger partial charge in [0.15, 0.2) is 0 Å². The van der Waals surface area contributed by atoms with Crippen LogP contribution in [0.3, 0.4) is 0 Å². The lowest BCUT2D eigenvalue weighted by Gasteiger charge is -2.22. The average molecular weight is 253 g/mol.